The van der Waals surface area contributed by atoms with Gasteiger partial charge in [0.25, 0.3) is 0 Å². The van der Waals surface area contributed by atoms with E-state index in [1.807, 2.05) is 6.07 Å². The van der Waals surface area contributed by atoms with Crippen LogP contribution in [-0.4, -0.2) is 30.4 Å². The third kappa shape index (κ3) is 2.68. The smallest absolute Gasteiger partial charge is 0.324 e. The Hall–Kier alpha value is -2.17. The topological polar surface area (TPSA) is 69.7 Å². The summed E-state index contributed by atoms with van der Waals surface area (Å²) in [6.07, 6.45) is -0.556. The van der Waals surface area contributed by atoms with Gasteiger partial charge in [-0.3, -0.25) is 14.4 Å². The number of carbonyl (C=O) groups is 3. The second-order valence-corrected chi connectivity index (χ2v) is 5.14. The summed E-state index contributed by atoms with van der Waals surface area (Å²) in [6, 6.07) is 7.03. The quantitative estimate of drug-likeness (QED) is 0.471. The number of ether oxygens (including phenoxy) is 2. The summed E-state index contributed by atoms with van der Waals surface area (Å²) in [5.74, 6) is -1.47. The lowest BCUT2D eigenvalue weighted by molar-refractivity contribution is -0.151. The van der Waals surface area contributed by atoms with Crippen LogP contribution in [0.2, 0.25) is 0 Å². The van der Waals surface area contributed by atoms with Gasteiger partial charge in [0.2, 0.25) is 0 Å². The molecule has 0 saturated heterocycles. The molecule has 2 atom stereocenters. The van der Waals surface area contributed by atoms with E-state index in [0.717, 1.165) is 5.56 Å². The molecule has 5 heteroatoms. The van der Waals surface area contributed by atoms with Crippen LogP contribution >= 0.6 is 0 Å². The SMILES string of the molecule is CCOC(=O)[C@]1(C(=O)c2ccccc2C)CC1OC(C)=O. The lowest BCUT2D eigenvalue weighted by Crippen LogP contribution is -2.33. The van der Waals surface area contributed by atoms with Gasteiger partial charge in [0.15, 0.2) is 11.2 Å². The van der Waals surface area contributed by atoms with Gasteiger partial charge in [0.05, 0.1) is 6.61 Å². The Labute approximate surface area is 123 Å². The summed E-state index contributed by atoms with van der Waals surface area (Å²) in [6.45, 7) is 4.91. The summed E-state index contributed by atoms with van der Waals surface area (Å²) in [5, 5.41) is 0. The lowest BCUT2D eigenvalue weighted by atomic mass is 9.91. The van der Waals surface area contributed by atoms with Crippen LogP contribution in [0.4, 0.5) is 0 Å². The minimum atomic E-state index is -1.38. The first kappa shape index (κ1) is 15.2. The van der Waals surface area contributed by atoms with Crippen LogP contribution in [0, 0.1) is 12.3 Å². The Morgan fingerprint density at radius 2 is 1.95 bits per heavy atom. The van der Waals surface area contributed by atoms with Crippen LogP contribution in [0.3, 0.4) is 0 Å². The predicted molar refractivity (Wildman–Crippen MR) is 74.7 cm³/mol. The van der Waals surface area contributed by atoms with Crippen molar-refractivity contribution in [2.45, 2.75) is 33.3 Å². The number of Topliss-reactive ketones (excluding diaryl/α,β-unsaturated/α-hetero) is 1. The Morgan fingerprint density at radius 1 is 1.29 bits per heavy atom. The standard InChI is InChI=1S/C16H18O5/c1-4-20-15(19)16(9-13(16)21-11(3)17)14(18)12-8-6-5-7-10(12)2/h5-8,13H,4,9H2,1-3H3/t13?,16-/m1/s1. The number of ketones is 1. The van der Waals surface area contributed by atoms with Crippen molar-refractivity contribution in [2.75, 3.05) is 6.61 Å². The van der Waals surface area contributed by atoms with Crippen LogP contribution < -0.4 is 0 Å². The molecule has 1 aliphatic rings. The number of hydrogen-bond acceptors (Lipinski definition) is 5. The molecule has 0 aliphatic heterocycles. The monoisotopic (exact) mass is 290 g/mol. The van der Waals surface area contributed by atoms with E-state index >= 15 is 0 Å². The maximum atomic E-state index is 12.8. The van der Waals surface area contributed by atoms with Crippen LogP contribution in [0.25, 0.3) is 0 Å². The molecular weight excluding hydrogens is 272 g/mol. The molecule has 1 aromatic carbocycles. The van der Waals surface area contributed by atoms with Crippen molar-refractivity contribution in [3.63, 3.8) is 0 Å². The second kappa shape index (κ2) is 5.68. The summed E-state index contributed by atoms with van der Waals surface area (Å²) >= 11 is 0. The molecule has 0 N–H and O–H groups in total. The highest BCUT2D eigenvalue weighted by Crippen LogP contribution is 2.52. The van der Waals surface area contributed by atoms with Crippen molar-refractivity contribution >= 4 is 17.7 Å². The molecule has 5 nitrogen and oxygen atoms in total. The largest absolute Gasteiger partial charge is 0.465 e. The average Bonchev–Trinajstić information content (AvgIpc) is 3.13. The van der Waals surface area contributed by atoms with Gasteiger partial charge in [-0.2, -0.15) is 0 Å². The Bertz CT molecular complexity index is 592. The van der Waals surface area contributed by atoms with Crippen LogP contribution in [0.5, 0.6) is 0 Å². The first-order valence-corrected chi connectivity index (χ1v) is 6.88. The predicted octanol–water partition coefficient (Wildman–Crippen LogP) is 2.06. The van der Waals surface area contributed by atoms with Crippen molar-refractivity contribution < 1.29 is 23.9 Å². The molecule has 1 saturated carbocycles. The molecule has 1 fully saturated rings. The molecule has 1 aliphatic carbocycles. The van der Waals surface area contributed by atoms with E-state index in [-0.39, 0.29) is 18.8 Å². The molecule has 0 heterocycles. The van der Waals surface area contributed by atoms with Crippen molar-refractivity contribution in [2.24, 2.45) is 5.41 Å². The van der Waals surface area contributed by atoms with Crippen molar-refractivity contribution in [3.8, 4) is 0 Å². The number of rotatable bonds is 5. The van der Waals surface area contributed by atoms with Crippen LogP contribution in [0.15, 0.2) is 24.3 Å². The molecular formula is C16H18O5. The molecule has 0 amide bonds. The Kier molecular flexibility index (Phi) is 4.11. The zero-order chi connectivity index (χ0) is 15.6. The lowest BCUT2D eigenvalue weighted by Gasteiger charge is -2.15. The van der Waals surface area contributed by atoms with Gasteiger partial charge in [0.1, 0.15) is 6.10 Å². The van der Waals surface area contributed by atoms with Crippen LogP contribution in [-0.2, 0) is 19.1 Å². The first-order valence-electron chi connectivity index (χ1n) is 6.88. The number of carbonyl (C=O) groups excluding carboxylic acids is 3. The van der Waals surface area contributed by atoms with Gasteiger partial charge in [-0.15, -0.1) is 0 Å². The first-order chi connectivity index (χ1) is 9.93. The van der Waals surface area contributed by atoms with Gasteiger partial charge < -0.3 is 9.47 Å². The maximum absolute atomic E-state index is 12.8. The fourth-order valence-corrected chi connectivity index (χ4v) is 2.45. The third-order valence-electron chi connectivity index (χ3n) is 3.64. The minimum Gasteiger partial charge on any atom is -0.465 e. The maximum Gasteiger partial charge on any atom is 0.324 e. The normalized spacial score (nSPS) is 23.3. The molecule has 1 unspecified atom stereocenters. The fourth-order valence-electron chi connectivity index (χ4n) is 2.45. The summed E-state index contributed by atoms with van der Waals surface area (Å²) in [7, 11) is 0. The molecule has 21 heavy (non-hydrogen) atoms. The highest BCUT2D eigenvalue weighted by Gasteiger charge is 2.69. The zero-order valence-corrected chi connectivity index (χ0v) is 12.3. The molecule has 0 spiro atoms. The summed E-state index contributed by atoms with van der Waals surface area (Å²) < 4.78 is 10.1. The molecule has 0 radical (unpaired) electrons. The number of aryl methyl sites for hydroxylation is 1. The van der Waals surface area contributed by atoms with Gasteiger partial charge in [-0.1, -0.05) is 24.3 Å². The molecule has 0 aromatic heterocycles. The van der Waals surface area contributed by atoms with E-state index in [1.54, 1.807) is 32.0 Å². The Morgan fingerprint density at radius 3 is 2.52 bits per heavy atom. The van der Waals surface area contributed by atoms with Gasteiger partial charge in [0, 0.05) is 18.9 Å². The van der Waals surface area contributed by atoms with Crippen molar-refractivity contribution in [1.82, 2.24) is 0 Å². The van der Waals surface area contributed by atoms with Crippen LogP contribution in [0.1, 0.15) is 36.2 Å². The Balaban J connectivity index is 2.34. The number of benzene rings is 1. The number of hydrogen-bond donors (Lipinski definition) is 0. The van der Waals surface area contributed by atoms with E-state index in [9.17, 15) is 14.4 Å². The minimum absolute atomic E-state index is 0.175. The third-order valence-corrected chi connectivity index (χ3v) is 3.64. The van der Waals surface area contributed by atoms with Gasteiger partial charge in [-0.25, -0.2) is 0 Å². The average molecular weight is 290 g/mol. The molecule has 112 valence electrons. The van der Waals surface area contributed by atoms with E-state index in [2.05, 4.69) is 0 Å². The van der Waals surface area contributed by atoms with Gasteiger partial charge in [-0.05, 0) is 19.4 Å². The molecule has 0 bridgehead atoms. The van der Waals surface area contributed by atoms with Crippen molar-refractivity contribution in [1.29, 1.82) is 0 Å². The second-order valence-electron chi connectivity index (χ2n) is 5.14. The zero-order valence-electron chi connectivity index (χ0n) is 12.3. The van der Waals surface area contributed by atoms with Gasteiger partial charge >= 0.3 is 11.9 Å². The van der Waals surface area contributed by atoms with E-state index < -0.39 is 23.5 Å². The number of esters is 2. The van der Waals surface area contributed by atoms with Crippen molar-refractivity contribution in [3.05, 3.63) is 35.4 Å². The fraction of sp³-hybridized carbons (Fsp3) is 0.438. The summed E-state index contributed by atoms with van der Waals surface area (Å²) in [5.41, 5.74) is -0.145. The van der Waals surface area contributed by atoms with E-state index in [4.69, 9.17) is 9.47 Å². The summed E-state index contributed by atoms with van der Waals surface area (Å²) in [4.78, 5) is 36.1. The van der Waals surface area contributed by atoms with E-state index in [0.29, 0.717) is 5.56 Å². The van der Waals surface area contributed by atoms with E-state index in [1.165, 1.54) is 6.92 Å². The highest BCUT2D eigenvalue weighted by atomic mass is 16.6. The highest BCUT2D eigenvalue weighted by molar-refractivity contribution is 6.16. The molecule has 1 aromatic rings. The molecule has 2 rings (SSSR count).